The fraction of sp³-hybridized carbons (Fsp3) is 0.222. The Labute approximate surface area is 129 Å². The maximum Gasteiger partial charge on any atom is 0.272 e. The van der Waals surface area contributed by atoms with Crippen LogP contribution in [-0.2, 0) is 0 Å². The number of fused-ring (bicyclic) bond motifs is 1. The van der Waals surface area contributed by atoms with Gasteiger partial charge in [0.15, 0.2) is 0 Å². The molecule has 1 heterocycles. The number of aromatic nitrogens is 2. The van der Waals surface area contributed by atoms with Gasteiger partial charge in [0.1, 0.15) is 0 Å². The minimum Gasteiger partial charge on any atom is -0.372 e. The summed E-state index contributed by atoms with van der Waals surface area (Å²) in [5.74, 6) is 0. The quantitative estimate of drug-likeness (QED) is 0.801. The van der Waals surface area contributed by atoms with Crippen LogP contribution in [0.15, 0.2) is 53.3 Å². The van der Waals surface area contributed by atoms with Crippen LogP contribution in [0, 0.1) is 0 Å². The van der Waals surface area contributed by atoms with Gasteiger partial charge in [0.25, 0.3) is 5.56 Å². The van der Waals surface area contributed by atoms with Crippen LogP contribution in [0.3, 0.4) is 0 Å². The minimum absolute atomic E-state index is 0.154. The highest BCUT2D eigenvalue weighted by atomic mass is 16.1. The predicted molar refractivity (Wildman–Crippen MR) is 91.4 cm³/mol. The lowest BCUT2D eigenvalue weighted by Gasteiger charge is -2.21. The van der Waals surface area contributed by atoms with Gasteiger partial charge < -0.3 is 4.90 Å². The Hall–Kier alpha value is -2.62. The van der Waals surface area contributed by atoms with Crippen molar-refractivity contribution in [1.82, 2.24) is 10.2 Å². The predicted octanol–water partition coefficient (Wildman–Crippen LogP) is 3.44. The van der Waals surface area contributed by atoms with Crippen molar-refractivity contribution in [3.63, 3.8) is 0 Å². The van der Waals surface area contributed by atoms with E-state index in [0.29, 0.717) is 5.39 Å². The molecule has 0 amide bonds. The van der Waals surface area contributed by atoms with E-state index in [9.17, 15) is 4.79 Å². The molecular formula is C18H19N3O. The fourth-order valence-electron chi connectivity index (χ4n) is 2.75. The number of nitrogens with zero attached hydrogens (tertiary/aromatic N) is 2. The molecule has 22 heavy (non-hydrogen) atoms. The number of hydrogen-bond donors (Lipinski definition) is 1. The minimum atomic E-state index is -0.154. The summed E-state index contributed by atoms with van der Waals surface area (Å²) in [4.78, 5) is 14.2. The molecule has 0 unspecified atom stereocenters. The largest absolute Gasteiger partial charge is 0.372 e. The zero-order valence-corrected chi connectivity index (χ0v) is 12.8. The Morgan fingerprint density at radius 2 is 1.59 bits per heavy atom. The average molecular weight is 293 g/mol. The van der Waals surface area contributed by atoms with Crippen LogP contribution in [0.1, 0.15) is 13.8 Å². The van der Waals surface area contributed by atoms with Gasteiger partial charge in [-0.2, -0.15) is 5.10 Å². The summed E-state index contributed by atoms with van der Waals surface area (Å²) >= 11 is 0. The van der Waals surface area contributed by atoms with Crippen molar-refractivity contribution < 1.29 is 0 Å². The third kappa shape index (κ3) is 2.48. The number of benzene rings is 2. The Bertz CT molecular complexity index is 833. The molecule has 0 saturated heterocycles. The van der Waals surface area contributed by atoms with Crippen LogP contribution in [-0.4, -0.2) is 23.3 Å². The number of hydrogen-bond acceptors (Lipinski definition) is 3. The average Bonchev–Trinajstić information content (AvgIpc) is 2.57. The first-order chi connectivity index (χ1) is 10.7. The molecule has 0 aliphatic heterocycles. The summed E-state index contributed by atoms with van der Waals surface area (Å²) in [7, 11) is 0. The lowest BCUT2D eigenvalue weighted by atomic mass is 10.0. The molecule has 0 saturated carbocycles. The van der Waals surface area contributed by atoms with Gasteiger partial charge in [-0.05, 0) is 32.0 Å². The van der Waals surface area contributed by atoms with Crippen molar-refractivity contribution in [2.45, 2.75) is 13.8 Å². The lowest BCUT2D eigenvalue weighted by Crippen LogP contribution is -2.21. The van der Waals surface area contributed by atoms with Gasteiger partial charge in [-0.15, -0.1) is 0 Å². The van der Waals surface area contributed by atoms with E-state index in [4.69, 9.17) is 0 Å². The van der Waals surface area contributed by atoms with Crippen molar-refractivity contribution >= 4 is 16.5 Å². The summed E-state index contributed by atoms with van der Waals surface area (Å²) in [5.41, 5.74) is 2.85. The van der Waals surface area contributed by atoms with E-state index in [1.54, 1.807) is 0 Å². The Kier molecular flexibility index (Phi) is 3.92. The molecule has 3 aromatic rings. The highest BCUT2D eigenvalue weighted by Gasteiger charge is 2.09. The lowest BCUT2D eigenvalue weighted by molar-refractivity contribution is 0.866. The molecule has 112 valence electrons. The maximum absolute atomic E-state index is 11.9. The molecule has 4 heteroatoms. The molecular weight excluding hydrogens is 274 g/mol. The number of nitrogens with one attached hydrogen (secondary N) is 1. The zero-order chi connectivity index (χ0) is 15.5. The second-order valence-corrected chi connectivity index (χ2v) is 5.17. The van der Waals surface area contributed by atoms with Gasteiger partial charge in [-0.3, -0.25) is 4.79 Å². The molecule has 2 aromatic carbocycles. The fourth-order valence-corrected chi connectivity index (χ4v) is 2.75. The summed E-state index contributed by atoms with van der Waals surface area (Å²) in [6.45, 7) is 6.26. The SMILES string of the molecule is CCN(CC)c1ccc(-c2n[nH]c(=O)c3ccccc23)cc1. The third-order valence-electron chi connectivity index (χ3n) is 3.97. The summed E-state index contributed by atoms with van der Waals surface area (Å²) < 4.78 is 0. The topological polar surface area (TPSA) is 49.0 Å². The second kappa shape index (κ2) is 6.02. The first kappa shape index (κ1) is 14.3. The molecule has 3 rings (SSSR count). The molecule has 0 spiro atoms. The van der Waals surface area contributed by atoms with E-state index in [1.165, 1.54) is 5.69 Å². The monoisotopic (exact) mass is 293 g/mol. The summed E-state index contributed by atoms with van der Waals surface area (Å²) in [6, 6.07) is 15.9. The number of anilines is 1. The van der Waals surface area contributed by atoms with Crippen molar-refractivity contribution in [3.05, 3.63) is 58.9 Å². The van der Waals surface area contributed by atoms with Crippen molar-refractivity contribution in [1.29, 1.82) is 0 Å². The number of H-pyrrole nitrogens is 1. The van der Waals surface area contributed by atoms with Crippen LogP contribution in [0.2, 0.25) is 0 Å². The molecule has 0 atom stereocenters. The molecule has 0 aliphatic carbocycles. The highest BCUT2D eigenvalue weighted by Crippen LogP contribution is 2.26. The van der Waals surface area contributed by atoms with Gasteiger partial charge >= 0.3 is 0 Å². The molecule has 0 bridgehead atoms. The maximum atomic E-state index is 11.9. The molecule has 0 fully saturated rings. The zero-order valence-electron chi connectivity index (χ0n) is 12.8. The Balaban J connectivity index is 2.09. The van der Waals surface area contributed by atoms with Gasteiger partial charge in [-0.1, -0.05) is 30.3 Å². The van der Waals surface area contributed by atoms with Gasteiger partial charge in [0, 0.05) is 29.7 Å². The highest BCUT2D eigenvalue weighted by molar-refractivity contribution is 5.93. The third-order valence-corrected chi connectivity index (χ3v) is 3.97. The molecule has 0 aliphatic rings. The number of aromatic amines is 1. The molecule has 0 radical (unpaired) electrons. The van der Waals surface area contributed by atoms with Gasteiger partial charge in [0.2, 0.25) is 0 Å². The van der Waals surface area contributed by atoms with E-state index in [2.05, 4.69) is 53.2 Å². The normalized spacial score (nSPS) is 10.8. The van der Waals surface area contributed by atoms with Crippen LogP contribution in [0.25, 0.3) is 22.0 Å². The van der Waals surface area contributed by atoms with Crippen LogP contribution < -0.4 is 10.5 Å². The van der Waals surface area contributed by atoms with E-state index in [0.717, 1.165) is 29.7 Å². The number of rotatable bonds is 4. The second-order valence-electron chi connectivity index (χ2n) is 5.17. The van der Waals surface area contributed by atoms with E-state index in [-0.39, 0.29) is 5.56 Å². The standard InChI is InChI=1S/C18H19N3O/c1-3-21(4-2)14-11-9-13(10-12-14)17-15-7-5-6-8-16(15)18(22)20-19-17/h5-12H,3-4H2,1-2H3,(H,20,22). The first-order valence-electron chi connectivity index (χ1n) is 7.57. The van der Waals surface area contributed by atoms with Crippen molar-refractivity contribution in [3.8, 4) is 11.3 Å². The van der Waals surface area contributed by atoms with E-state index >= 15 is 0 Å². The van der Waals surface area contributed by atoms with Gasteiger partial charge in [0.05, 0.1) is 11.1 Å². The van der Waals surface area contributed by atoms with Crippen molar-refractivity contribution in [2.24, 2.45) is 0 Å². The smallest absolute Gasteiger partial charge is 0.272 e. The molecule has 1 N–H and O–H groups in total. The van der Waals surface area contributed by atoms with E-state index in [1.807, 2.05) is 24.3 Å². The summed E-state index contributed by atoms with van der Waals surface area (Å²) in [5, 5.41) is 8.37. The van der Waals surface area contributed by atoms with Crippen molar-refractivity contribution in [2.75, 3.05) is 18.0 Å². The summed E-state index contributed by atoms with van der Waals surface area (Å²) in [6.07, 6.45) is 0. The van der Waals surface area contributed by atoms with E-state index < -0.39 is 0 Å². The molecule has 4 nitrogen and oxygen atoms in total. The first-order valence-corrected chi connectivity index (χ1v) is 7.57. The Morgan fingerprint density at radius 3 is 2.23 bits per heavy atom. The van der Waals surface area contributed by atoms with Crippen LogP contribution >= 0.6 is 0 Å². The molecule has 1 aromatic heterocycles. The van der Waals surface area contributed by atoms with Crippen LogP contribution in [0.4, 0.5) is 5.69 Å². The van der Waals surface area contributed by atoms with Crippen LogP contribution in [0.5, 0.6) is 0 Å². The van der Waals surface area contributed by atoms with Gasteiger partial charge in [-0.25, -0.2) is 5.10 Å². The Morgan fingerprint density at radius 1 is 0.955 bits per heavy atom.